The van der Waals surface area contributed by atoms with Gasteiger partial charge in [0.05, 0.1) is 31.8 Å². The second-order valence-corrected chi connectivity index (χ2v) is 7.84. The van der Waals surface area contributed by atoms with Crippen LogP contribution in [0.25, 0.3) is 0 Å². The first-order valence-electron chi connectivity index (χ1n) is 10.4. The summed E-state index contributed by atoms with van der Waals surface area (Å²) in [5.74, 6) is 1.43. The Hall–Kier alpha value is -1.63. The third kappa shape index (κ3) is 5.69. The monoisotopic (exact) mass is 391 g/mol. The van der Waals surface area contributed by atoms with Gasteiger partial charge in [0.25, 0.3) is 0 Å². The molecule has 0 amide bonds. The van der Waals surface area contributed by atoms with Gasteiger partial charge in [0.2, 0.25) is 0 Å². The molecule has 1 saturated carbocycles. The van der Waals surface area contributed by atoms with Gasteiger partial charge in [0.15, 0.2) is 0 Å². The molecule has 1 aromatic rings. The molecule has 6 nitrogen and oxygen atoms in total. The van der Waals surface area contributed by atoms with Crippen LogP contribution in [0, 0.1) is 5.92 Å². The highest BCUT2D eigenvalue weighted by Crippen LogP contribution is 2.44. The smallest absolute Gasteiger partial charge is 0.309 e. The van der Waals surface area contributed by atoms with E-state index in [1.807, 2.05) is 6.92 Å². The highest BCUT2D eigenvalue weighted by molar-refractivity contribution is 5.74. The van der Waals surface area contributed by atoms with Gasteiger partial charge in [-0.15, -0.1) is 0 Å². The first kappa shape index (κ1) is 21.1. The van der Waals surface area contributed by atoms with E-state index < -0.39 is 0 Å². The minimum atomic E-state index is -0.295. The Balaban J connectivity index is 1.49. The molecule has 1 aliphatic carbocycles. The van der Waals surface area contributed by atoms with Crippen molar-refractivity contribution in [2.45, 2.75) is 63.7 Å². The predicted molar refractivity (Wildman–Crippen MR) is 106 cm³/mol. The molecule has 0 aromatic heterocycles. The van der Waals surface area contributed by atoms with E-state index in [1.54, 1.807) is 7.11 Å². The molecule has 1 saturated heterocycles. The molecule has 2 N–H and O–H groups in total. The van der Waals surface area contributed by atoms with Crippen molar-refractivity contribution in [2.75, 3.05) is 26.9 Å². The Morgan fingerprint density at radius 1 is 1.29 bits per heavy atom. The molecule has 28 heavy (non-hydrogen) atoms. The van der Waals surface area contributed by atoms with Crippen molar-refractivity contribution in [3.05, 3.63) is 29.3 Å². The minimum Gasteiger partial charge on any atom is -0.493 e. The number of carbonyl (C=O) groups excluding carboxylic acids is 1. The molecule has 0 spiro atoms. The summed E-state index contributed by atoms with van der Waals surface area (Å²) in [6, 6.07) is 6.04. The van der Waals surface area contributed by atoms with E-state index in [0.29, 0.717) is 38.8 Å². The number of carbonyl (C=O) groups is 1. The van der Waals surface area contributed by atoms with Gasteiger partial charge < -0.3 is 24.7 Å². The number of cyclic esters (lactones) is 1. The SMILES string of the molecule is CC[C@@H]1CC(C(N)COCc2ccc(C3CC3)c(OCCCOC)c2)OC1=O. The minimum absolute atomic E-state index is 0.0242. The molecule has 3 atom stereocenters. The molecule has 156 valence electrons. The fourth-order valence-corrected chi connectivity index (χ4v) is 3.60. The topological polar surface area (TPSA) is 80.0 Å². The van der Waals surface area contributed by atoms with Gasteiger partial charge in [0.1, 0.15) is 11.9 Å². The molecule has 2 unspecified atom stereocenters. The number of benzene rings is 1. The molecular weight excluding hydrogens is 358 g/mol. The van der Waals surface area contributed by atoms with Gasteiger partial charge >= 0.3 is 5.97 Å². The lowest BCUT2D eigenvalue weighted by molar-refractivity contribution is -0.145. The van der Waals surface area contributed by atoms with Gasteiger partial charge in [-0.1, -0.05) is 19.1 Å². The number of nitrogens with two attached hydrogens (primary N) is 1. The van der Waals surface area contributed by atoms with Crippen molar-refractivity contribution in [3.8, 4) is 5.75 Å². The van der Waals surface area contributed by atoms with Crippen LogP contribution in [0.2, 0.25) is 0 Å². The van der Waals surface area contributed by atoms with Crippen molar-refractivity contribution in [3.63, 3.8) is 0 Å². The maximum absolute atomic E-state index is 11.7. The Kier molecular flexibility index (Phi) is 7.71. The highest BCUT2D eigenvalue weighted by Gasteiger charge is 2.36. The molecule has 3 rings (SSSR count). The van der Waals surface area contributed by atoms with Crippen LogP contribution < -0.4 is 10.5 Å². The van der Waals surface area contributed by atoms with E-state index >= 15 is 0 Å². The summed E-state index contributed by atoms with van der Waals surface area (Å²) in [7, 11) is 1.70. The zero-order valence-electron chi connectivity index (χ0n) is 17.0. The van der Waals surface area contributed by atoms with Crippen molar-refractivity contribution < 1.29 is 23.7 Å². The van der Waals surface area contributed by atoms with Gasteiger partial charge in [-0.25, -0.2) is 0 Å². The summed E-state index contributed by atoms with van der Waals surface area (Å²) in [5, 5.41) is 0. The number of rotatable bonds is 12. The Labute approximate surface area is 167 Å². The van der Waals surface area contributed by atoms with E-state index in [0.717, 1.165) is 24.2 Å². The van der Waals surface area contributed by atoms with E-state index in [-0.39, 0.29) is 24.0 Å². The summed E-state index contributed by atoms with van der Waals surface area (Å²) in [6.07, 6.45) is 4.58. The van der Waals surface area contributed by atoms with Gasteiger partial charge in [-0.05, 0) is 48.8 Å². The summed E-state index contributed by atoms with van der Waals surface area (Å²) >= 11 is 0. The van der Waals surface area contributed by atoms with Gasteiger partial charge in [0, 0.05) is 20.1 Å². The third-order valence-electron chi connectivity index (χ3n) is 5.51. The molecule has 1 heterocycles. The van der Waals surface area contributed by atoms with Gasteiger partial charge in [-0.2, -0.15) is 0 Å². The second-order valence-electron chi connectivity index (χ2n) is 7.84. The average molecular weight is 392 g/mol. The molecule has 0 bridgehead atoms. The lowest BCUT2D eigenvalue weighted by atomic mass is 9.99. The average Bonchev–Trinajstić information content (AvgIpc) is 3.47. The van der Waals surface area contributed by atoms with Crippen LogP contribution in [0.3, 0.4) is 0 Å². The van der Waals surface area contributed by atoms with Crippen LogP contribution in [-0.2, 0) is 25.6 Å². The maximum Gasteiger partial charge on any atom is 0.309 e. The number of esters is 1. The normalized spacial score (nSPS) is 22.9. The summed E-state index contributed by atoms with van der Waals surface area (Å²) in [5.41, 5.74) is 8.54. The van der Waals surface area contributed by atoms with Crippen LogP contribution in [-0.4, -0.2) is 45.0 Å². The third-order valence-corrected chi connectivity index (χ3v) is 5.51. The van der Waals surface area contributed by atoms with Crippen LogP contribution in [0.4, 0.5) is 0 Å². The Morgan fingerprint density at radius 3 is 2.79 bits per heavy atom. The van der Waals surface area contributed by atoms with Crippen LogP contribution >= 0.6 is 0 Å². The van der Waals surface area contributed by atoms with Crippen molar-refractivity contribution in [1.82, 2.24) is 0 Å². The van der Waals surface area contributed by atoms with E-state index in [1.165, 1.54) is 18.4 Å². The zero-order valence-corrected chi connectivity index (χ0v) is 17.0. The summed E-state index contributed by atoms with van der Waals surface area (Å²) in [6.45, 7) is 4.17. The molecule has 2 fully saturated rings. The van der Waals surface area contributed by atoms with E-state index in [9.17, 15) is 4.79 Å². The maximum atomic E-state index is 11.7. The lowest BCUT2D eigenvalue weighted by Gasteiger charge is -2.18. The van der Waals surface area contributed by atoms with E-state index in [4.69, 9.17) is 24.7 Å². The number of ether oxygens (including phenoxy) is 4. The standard InChI is InChI=1S/C22H33NO5/c1-3-16-12-21(28-22(16)24)19(23)14-26-13-15-5-8-18(17-6-7-17)20(11-15)27-10-4-9-25-2/h5,8,11,16-17,19,21H,3-4,6-7,9-10,12-14,23H2,1-2H3/t16-,19?,21?/m1/s1. The van der Waals surface area contributed by atoms with Crippen LogP contribution in [0.15, 0.2) is 18.2 Å². The zero-order chi connectivity index (χ0) is 19.9. The molecule has 1 aromatic carbocycles. The Morgan fingerprint density at radius 2 is 2.11 bits per heavy atom. The second kappa shape index (κ2) is 10.2. The van der Waals surface area contributed by atoms with E-state index in [2.05, 4.69) is 18.2 Å². The van der Waals surface area contributed by atoms with Crippen molar-refractivity contribution >= 4 is 5.97 Å². The Bertz CT molecular complexity index is 646. The van der Waals surface area contributed by atoms with Gasteiger partial charge in [-0.3, -0.25) is 4.79 Å². The first-order chi connectivity index (χ1) is 13.6. The molecule has 0 radical (unpaired) electrons. The molecule has 2 aliphatic rings. The van der Waals surface area contributed by atoms with Crippen molar-refractivity contribution in [2.24, 2.45) is 11.7 Å². The molecule has 1 aliphatic heterocycles. The highest BCUT2D eigenvalue weighted by atomic mass is 16.6. The molecule has 6 heteroatoms. The van der Waals surface area contributed by atoms with Crippen LogP contribution in [0.5, 0.6) is 5.75 Å². The number of methoxy groups -OCH3 is 1. The number of hydrogen-bond acceptors (Lipinski definition) is 6. The summed E-state index contributed by atoms with van der Waals surface area (Å²) < 4.78 is 22.3. The summed E-state index contributed by atoms with van der Waals surface area (Å²) in [4.78, 5) is 11.7. The predicted octanol–water partition coefficient (Wildman–Crippen LogP) is 3.16. The lowest BCUT2D eigenvalue weighted by Crippen LogP contribution is -2.38. The van der Waals surface area contributed by atoms with Crippen LogP contribution in [0.1, 0.15) is 56.1 Å². The molecular formula is C22H33NO5. The van der Waals surface area contributed by atoms with Crippen molar-refractivity contribution in [1.29, 1.82) is 0 Å². The first-order valence-corrected chi connectivity index (χ1v) is 10.4. The number of hydrogen-bond donors (Lipinski definition) is 1. The fourth-order valence-electron chi connectivity index (χ4n) is 3.60. The quantitative estimate of drug-likeness (QED) is 0.435. The fraction of sp³-hybridized carbons (Fsp3) is 0.682. The largest absolute Gasteiger partial charge is 0.493 e.